The van der Waals surface area contributed by atoms with E-state index in [0.717, 1.165) is 19.1 Å². The standard InChI is InChI=1S/C15H19ClN2O3S/c1-22(19,20)21-15(11-18-10-9-17-12-18)4-2-3-13-5-7-14(16)8-6-13/h5-10,12,15H,2-4,11H2,1H3. The van der Waals surface area contributed by atoms with Crippen LogP contribution in [0.1, 0.15) is 18.4 Å². The molecule has 1 unspecified atom stereocenters. The summed E-state index contributed by atoms with van der Waals surface area (Å²) in [4.78, 5) is 3.95. The van der Waals surface area contributed by atoms with Crippen LogP contribution < -0.4 is 0 Å². The molecule has 0 radical (unpaired) electrons. The van der Waals surface area contributed by atoms with Gasteiger partial charge in [-0.15, -0.1) is 0 Å². The van der Waals surface area contributed by atoms with E-state index < -0.39 is 16.2 Å². The number of hydrogen-bond acceptors (Lipinski definition) is 4. The monoisotopic (exact) mass is 342 g/mol. The van der Waals surface area contributed by atoms with E-state index in [4.69, 9.17) is 15.8 Å². The Morgan fingerprint density at radius 2 is 2.05 bits per heavy atom. The molecule has 0 amide bonds. The largest absolute Gasteiger partial charge is 0.335 e. The number of hydrogen-bond donors (Lipinski definition) is 0. The molecule has 0 aliphatic carbocycles. The maximum atomic E-state index is 11.4. The second kappa shape index (κ2) is 7.76. The third-order valence-corrected chi connectivity index (χ3v) is 4.06. The summed E-state index contributed by atoms with van der Waals surface area (Å²) < 4.78 is 29.7. The minimum absolute atomic E-state index is 0.392. The lowest BCUT2D eigenvalue weighted by Crippen LogP contribution is -2.23. The van der Waals surface area contributed by atoms with Crippen molar-refractivity contribution in [1.82, 2.24) is 9.55 Å². The molecular formula is C15H19ClN2O3S. The maximum absolute atomic E-state index is 11.4. The number of imidazole rings is 1. The Morgan fingerprint density at radius 3 is 2.64 bits per heavy atom. The summed E-state index contributed by atoms with van der Waals surface area (Å²) in [6.07, 6.45) is 8.11. The molecule has 7 heteroatoms. The van der Waals surface area contributed by atoms with E-state index >= 15 is 0 Å². The first-order valence-corrected chi connectivity index (χ1v) is 9.20. The molecule has 5 nitrogen and oxygen atoms in total. The van der Waals surface area contributed by atoms with E-state index in [2.05, 4.69) is 4.98 Å². The average molecular weight is 343 g/mol. The van der Waals surface area contributed by atoms with Crippen LogP contribution in [0.25, 0.3) is 0 Å². The lowest BCUT2D eigenvalue weighted by molar-refractivity contribution is 0.177. The summed E-state index contributed by atoms with van der Waals surface area (Å²) in [6.45, 7) is 0.466. The molecule has 0 bridgehead atoms. The van der Waals surface area contributed by atoms with Gasteiger partial charge in [0.25, 0.3) is 10.1 Å². The van der Waals surface area contributed by atoms with Crippen molar-refractivity contribution >= 4 is 21.7 Å². The number of rotatable bonds is 8. The molecule has 120 valence electrons. The highest BCUT2D eigenvalue weighted by atomic mass is 35.5. The fourth-order valence-electron chi connectivity index (χ4n) is 2.23. The van der Waals surface area contributed by atoms with Crippen LogP contribution in [-0.2, 0) is 27.3 Å². The third kappa shape index (κ3) is 6.17. The van der Waals surface area contributed by atoms with Gasteiger partial charge in [0, 0.05) is 17.4 Å². The summed E-state index contributed by atoms with van der Waals surface area (Å²) in [7, 11) is -3.48. The van der Waals surface area contributed by atoms with E-state index in [9.17, 15) is 8.42 Å². The Bertz CT molecular complexity index is 669. The normalized spacial score (nSPS) is 13.2. The number of nitrogens with zero attached hydrogens (tertiary/aromatic N) is 2. The molecule has 22 heavy (non-hydrogen) atoms. The molecule has 1 aromatic heterocycles. The molecule has 0 aliphatic heterocycles. The average Bonchev–Trinajstić information content (AvgIpc) is 2.92. The molecule has 2 aromatic rings. The molecule has 1 atom stereocenters. The van der Waals surface area contributed by atoms with Gasteiger partial charge in [0.15, 0.2) is 0 Å². The molecular weight excluding hydrogens is 324 g/mol. The van der Waals surface area contributed by atoms with Crippen LogP contribution >= 0.6 is 11.6 Å². The third-order valence-electron chi connectivity index (χ3n) is 3.19. The minimum Gasteiger partial charge on any atom is -0.335 e. The van der Waals surface area contributed by atoms with E-state index in [1.165, 1.54) is 5.56 Å². The van der Waals surface area contributed by atoms with Gasteiger partial charge in [0.05, 0.1) is 25.2 Å². The highest BCUT2D eigenvalue weighted by molar-refractivity contribution is 7.86. The van der Waals surface area contributed by atoms with E-state index in [1.807, 2.05) is 28.8 Å². The van der Waals surface area contributed by atoms with Crippen molar-refractivity contribution in [2.45, 2.75) is 31.9 Å². The van der Waals surface area contributed by atoms with Crippen LogP contribution in [0.5, 0.6) is 0 Å². The van der Waals surface area contributed by atoms with Gasteiger partial charge in [0.1, 0.15) is 0 Å². The Balaban J connectivity index is 1.89. The van der Waals surface area contributed by atoms with Crippen molar-refractivity contribution in [3.63, 3.8) is 0 Å². The predicted molar refractivity (Wildman–Crippen MR) is 86.3 cm³/mol. The highest BCUT2D eigenvalue weighted by Gasteiger charge is 2.16. The SMILES string of the molecule is CS(=O)(=O)OC(CCCc1ccc(Cl)cc1)Cn1ccnc1. The summed E-state index contributed by atoms with van der Waals surface area (Å²) in [6, 6.07) is 7.66. The Kier molecular flexibility index (Phi) is 5.99. The number of halogens is 1. The smallest absolute Gasteiger partial charge is 0.264 e. The molecule has 1 heterocycles. The number of aromatic nitrogens is 2. The van der Waals surface area contributed by atoms with Crippen molar-refractivity contribution in [2.24, 2.45) is 0 Å². The van der Waals surface area contributed by atoms with Gasteiger partial charge in [-0.3, -0.25) is 4.18 Å². The second-order valence-corrected chi connectivity index (χ2v) is 7.24. The van der Waals surface area contributed by atoms with Crippen molar-refractivity contribution in [1.29, 1.82) is 0 Å². The first-order valence-electron chi connectivity index (χ1n) is 7.01. The van der Waals surface area contributed by atoms with E-state index in [-0.39, 0.29) is 0 Å². The predicted octanol–water partition coefficient (Wildman–Crippen LogP) is 2.90. The molecule has 0 saturated heterocycles. The fourth-order valence-corrected chi connectivity index (χ4v) is 3.01. The molecule has 0 N–H and O–H groups in total. The highest BCUT2D eigenvalue weighted by Crippen LogP contribution is 2.14. The molecule has 0 aliphatic rings. The van der Waals surface area contributed by atoms with E-state index in [0.29, 0.717) is 18.0 Å². The lowest BCUT2D eigenvalue weighted by atomic mass is 10.1. The van der Waals surface area contributed by atoms with Crippen molar-refractivity contribution < 1.29 is 12.6 Å². The zero-order chi connectivity index (χ0) is 16.0. The summed E-state index contributed by atoms with van der Waals surface area (Å²) in [5, 5.41) is 0.710. The second-order valence-electron chi connectivity index (χ2n) is 5.20. The van der Waals surface area contributed by atoms with Crippen LogP contribution in [0.15, 0.2) is 43.0 Å². The van der Waals surface area contributed by atoms with Gasteiger partial charge in [-0.2, -0.15) is 8.42 Å². The van der Waals surface area contributed by atoms with Gasteiger partial charge in [-0.25, -0.2) is 4.98 Å². The Hall–Kier alpha value is -1.37. The fraction of sp³-hybridized carbons (Fsp3) is 0.400. The first-order chi connectivity index (χ1) is 10.4. The van der Waals surface area contributed by atoms with Gasteiger partial charge >= 0.3 is 0 Å². The summed E-state index contributed by atoms with van der Waals surface area (Å²) in [5.41, 5.74) is 1.17. The minimum atomic E-state index is -3.48. The summed E-state index contributed by atoms with van der Waals surface area (Å²) in [5.74, 6) is 0. The zero-order valence-corrected chi connectivity index (χ0v) is 13.9. The van der Waals surface area contributed by atoms with Crippen LogP contribution in [0.3, 0.4) is 0 Å². The molecule has 1 aromatic carbocycles. The van der Waals surface area contributed by atoms with Crippen LogP contribution in [0.4, 0.5) is 0 Å². The molecule has 2 rings (SSSR count). The Morgan fingerprint density at radius 1 is 1.32 bits per heavy atom. The van der Waals surface area contributed by atoms with Gasteiger partial charge in [-0.1, -0.05) is 23.7 Å². The molecule has 0 fully saturated rings. The number of benzene rings is 1. The van der Waals surface area contributed by atoms with Crippen molar-refractivity contribution in [3.05, 3.63) is 53.6 Å². The number of aryl methyl sites for hydroxylation is 1. The van der Waals surface area contributed by atoms with Gasteiger partial charge in [0.2, 0.25) is 0 Å². The first kappa shape index (κ1) is 17.0. The maximum Gasteiger partial charge on any atom is 0.264 e. The molecule has 0 spiro atoms. The van der Waals surface area contributed by atoms with Crippen LogP contribution in [0.2, 0.25) is 5.02 Å². The van der Waals surface area contributed by atoms with Gasteiger partial charge < -0.3 is 4.57 Å². The Labute approximate surface area is 136 Å². The van der Waals surface area contributed by atoms with Crippen LogP contribution in [-0.4, -0.2) is 30.3 Å². The molecule has 0 saturated carbocycles. The topological polar surface area (TPSA) is 61.2 Å². The quantitative estimate of drug-likeness (QED) is 0.692. The van der Waals surface area contributed by atoms with Crippen molar-refractivity contribution in [2.75, 3.05) is 6.26 Å². The van der Waals surface area contributed by atoms with Crippen LogP contribution in [0, 0.1) is 0 Å². The van der Waals surface area contributed by atoms with Gasteiger partial charge in [-0.05, 0) is 37.0 Å². The summed E-state index contributed by atoms with van der Waals surface area (Å²) >= 11 is 5.85. The van der Waals surface area contributed by atoms with Crippen molar-refractivity contribution in [3.8, 4) is 0 Å². The zero-order valence-electron chi connectivity index (χ0n) is 12.4. The lowest BCUT2D eigenvalue weighted by Gasteiger charge is -2.16. The van der Waals surface area contributed by atoms with E-state index in [1.54, 1.807) is 18.7 Å².